The van der Waals surface area contributed by atoms with E-state index in [1.165, 1.54) is 9.21 Å². The zero-order valence-corrected chi connectivity index (χ0v) is 13.6. The van der Waals surface area contributed by atoms with Crippen molar-refractivity contribution in [3.05, 3.63) is 0 Å². The van der Waals surface area contributed by atoms with Crippen LogP contribution in [-0.4, -0.2) is 66.0 Å². The number of rotatable bonds is 6. The largest absolute Gasteiger partial charge is 0.481 e. The van der Waals surface area contributed by atoms with Crippen LogP contribution in [0, 0.1) is 5.92 Å². The van der Waals surface area contributed by atoms with Crippen LogP contribution in [-0.2, 0) is 19.6 Å². The lowest BCUT2D eigenvalue weighted by molar-refractivity contribution is -0.148. The van der Waals surface area contributed by atoms with Crippen LogP contribution in [0.2, 0.25) is 0 Å². The lowest BCUT2D eigenvalue weighted by atomic mass is 9.90. The minimum atomic E-state index is -3.64. The van der Waals surface area contributed by atoms with Crippen LogP contribution in [0.1, 0.15) is 33.6 Å². The molecule has 8 heteroatoms. The first-order valence-electron chi connectivity index (χ1n) is 7.24. The Bertz CT molecular complexity index is 487. The van der Waals surface area contributed by atoms with Gasteiger partial charge in [-0.25, -0.2) is 12.7 Å². The quantitative estimate of drug-likeness (QED) is 0.763. The third-order valence-corrected chi connectivity index (χ3v) is 5.95. The van der Waals surface area contributed by atoms with E-state index in [4.69, 9.17) is 5.11 Å². The maximum absolute atomic E-state index is 12.3. The smallest absolute Gasteiger partial charge is 0.308 e. The predicted octanol–water partition coefficient (Wildman–Crippen LogP) is 0.370. The number of sulfonamides is 1. The van der Waals surface area contributed by atoms with Gasteiger partial charge in [0.15, 0.2) is 0 Å². The standard InChI is InChI=1S/C13H24N2O5S/c1-4-14(5-2)21(19,20)9-12(16)15-8-6-7-11(10(15)3)13(17)18/h10-11H,4-9H2,1-3H3,(H,17,18)/t10-,11-/m0/s1. The second-order valence-corrected chi connectivity index (χ2v) is 7.22. The van der Waals surface area contributed by atoms with Crippen molar-refractivity contribution >= 4 is 21.9 Å². The van der Waals surface area contributed by atoms with Crippen molar-refractivity contribution in [2.75, 3.05) is 25.4 Å². The summed E-state index contributed by atoms with van der Waals surface area (Å²) in [4.78, 5) is 24.8. The fourth-order valence-corrected chi connectivity index (χ4v) is 4.22. The van der Waals surface area contributed by atoms with Crippen LogP contribution in [0.15, 0.2) is 0 Å². The molecule has 0 radical (unpaired) electrons. The Labute approximate surface area is 126 Å². The van der Waals surface area contributed by atoms with Crippen LogP contribution >= 0.6 is 0 Å². The molecule has 1 heterocycles. The van der Waals surface area contributed by atoms with Crippen molar-refractivity contribution in [2.45, 2.75) is 39.7 Å². The summed E-state index contributed by atoms with van der Waals surface area (Å²) >= 11 is 0. The number of carbonyl (C=O) groups excluding carboxylic acids is 1. The lowest BCUT2D eigenvalue weighted by Crippen LogP contribution is -2.51. The molecule has 122 valence electrons. The van der Waals surface area contributed by atoms with Crippen LogP contribution < -0.4 is 0 Å². The van der Waals surface area contributed by atoms with E-state index < -0.39 is 39.6 Å². The topological polar surface area (TPSA) is 95.0 Å². The van der Waals surface area contributed by atoms with E-state index in [0.29, 0.717) is 32.5 Å². The highest BCUT2D eigenvalue weighted by Gasteiger charge is 2.37. The molecule has 1 aliphatic heterocycles. The number of hydrogen-bond acceptors (Lipinski definition) is 4. The van der Waals surface area contributed by atoms with Crippen LogP contribution in [0.25, 0.3) is 0 Å². The second kappa shape index (κ2) is 7.22. The summed E-state index contributed by atoms with van der Waals surface area (Å²) in [5.41, 5.74) is 0. The summed E-state index contributed by atoms with van der Waals surface area (Å²) < 4.78 is 25.5. The Balaban J connectivity index is 2.81. The Morgan fingerprint density at radius 2 is 1.86 bits per heavy atom. The highest BCUT2D eigenvalue weighted by molar-refractivity contribution is 7.89. The number of aliphatic carboxylic acids is 1. The highest BCUT2D eigenvalue weighted by Crippen LogP contribution is 2.24. The van der Waals surface area contributed by atoms with Gasteiger partial charge in [-0.05, 0) is 19.8 Å². The molecule has 1 rings (SSSR count). The summed E-state index contributed by atoms with van der Waals surface area (Å²) in [7, 11) is -3.64. The lowest BCUT2D eigenvalue weighted by Gasteiger charge is -2.37. The first kappa shape index (κ1) is 17.9. The average molecular weight is 320 g/mol. The van der Waals surface area contributed by atoms with E-state index in [0.717, 1.165) is 0 Å². The van der Waals surface area contributed by atoms with Gasteiger partial charge in [-0.1, -0.05) is 13.8 Å². The van der Waals surface area contributed by atoms with E-state index in [1.54, 1.807) is 20.8 Å². The molecule has 21 heavy (non-hydrogen) atoms. The van der Waals surface area contributed by atoms with E-state index >= 15 is 0 Å². The highest BCUT2D eigenvalue weighted by atomic mass is 32.2. The number of amides is 1. The summed E-state index contributed by atoms with van der Waals surface area (Å²) in [5.74, 6) is -2.67. The molecule has 7 nitrogen and oxygen atoms in total. The molecule has 2 atom stereocenters. The number of nitrogens with zero attached hydrogens (tertiary/aromatic N) is 2. The molecule has 0 unspecified atom stereocenters. The Kier molecular flexibility index (Phi) is 6.15. The van der Waals surface area contributed by atoms with Crippen molar-refractivity contribution in [3.8, 4) is 0 Å². The van der Waals surface area contributed by atoms with Gasteiger partial charge in [0.2, 0.25) is 15.9 Å². The predicted molar refractivity (Wildman–Crippen MR) is 78.2 cm³/mol. The Morgan fingerprint density at radius 3 is 2.33 bits per heavy atom. The summed E-state index contributed by atoms with van der Waals surface area (Å²) in [6.07, 6.45) is 1.10. The van der Waals surface area contributed by atoms with E-state index in [-0.39, 0.29) is 0 Å². The number of carboxylic acid groups (broad SMARTS) is 1. The van der Waals surface area contributed by atoms with Crippen molar-refractivity contribution in [1.29, 1.82) is 0 Å². The molecule has 1 fully saturated rings. The van der Waals surface area contributed by atoms with E-state index in [2.05, 4.69) is 0 Å². The van der Waals surface area contributed by atoms with Crippen molar-refractivity contribution in [1.82, 2.24) is 9.21 Å². The average Bonchev–Trinajstić information content (AvgIpc) is 2.38. The number of piperidine rings is 1. The zero-order chi connectivity index (χ0) is 16.2. The minimum Gasteiger partial charge on any atom is -0.481 e. The molecular formula is C13H24N2O5S. The van der Waals surface area contributed by atoms with Crippen LogP contribution in [0.4, 0.5) is 0 Å². The SMILES string of the molecule is CCN(CC)S(=O)(=O)CC(=O)N1CCC[C@H](C(=O)O)[C@@H]1C. The monoisotopic (exact) mass is 320 g/mol. The molecule has 1 aliphatic rings. The molecule has 1 amide bonds. The molecule has 0 bridgehead atoms. The summed E-state index contributed by atoms with van der Waals surface area (Å²) in [6, 6.07) is -0.476. The minimum absolute atomic E-state index is 0.319. The molecule has 1 N–H and O–H groups in total. The molecule has 0 aromatic rings. The van der Waals surface area contributed by atoms with Gasteiger partial charge in [0.1, 0.15) is 5.75 Å². The van der Waals surface area contributed by atoms with Gasteiger partial charge in [-0.15, -0.1) is 0 Å². The molecule has 0 spiro atoms. The van der Waals surface area contributed by atoms with Gasteiger partial charge in [-0.3, -0.25) is 9.59 Å². The maximum Gasteiger partial charge on any atom is 0.308 e. The zero-order valence-electron chi connectivity index (χ0n) is 12.8. The molecule has 1 saturated heterocycles. The maximum atomic E-state index is 12.3. The summed E-state index contributed by atoms with van der Waals surface area (Å²) in [6.45, 7) is 6.15. The second-order valence-electron chi connectivity index (χ2n) is 5.26. The fourth-order valence-electron chi connectivity index (χ4n) is 2.77. The molecular weight excluding hydrogens is 296 g/mol. The van der Waals surface area contributed by atoms with Gasteiger partial charge in [0.05, 0.1) is 5.92 Å². The van der Waals surface area contributed by atoms with E-state index in [1.807, 2.05) is 0 Å². The number of likely N-dealkylation sites (tertiary alicyclic amines) is 1. The van der Waals surface area contributed by atoms with Crippen molar-refractivity contribution in [2.24, 2.45) is 5.92 Å². The van der Waals surface area contributed by atoms with Gasteiger partial charge in [-0.2, -0.15) is 0 Å². The number of carbonyl (C=O) groups is 2. The van der Waals surface area contributed by atoms with Crippen molar-refractivity contribution < 1.29 is 23.1 Å². The van der Waals surface area contributed by atoms with E-state index in [9.17, 15) is 18.0 Å². The van der Waals surface area contributed by atoms with Gasteiger partial charge in [0, 0.05) is 25.7 Å². The Hall–Kier alpha value is -1.15. The Morgan fingerprint density at radius 1 is 1.29 bits per heavy atom. The first-order chi connectivity index (χ1) is 9.74. The molecule has 0 aromatic carbocycles. The number of carboxylic acids is 1. The first-order valence-corrected chi connectivity index (χ1v) is 8.85. The van der Waals surface area contributed by atoms with Crippen LogP contribution in [0.5, 0.6) is 0 Å². The fraction of sp³-hybridized carbons (Fsp3) is 0.846. The molecule has 0 aromatic heterocycles. The normalized spacial score (nSPS) is 23.3. The summed E-state index contributed by atoms with van der Waals surface area (Å²) in [5, 5.41) is 9.14. The van der Waals surface area contributed by atoms with Gasteiger partial charge < -0.3 is 10.0 Å². The van der Waals surface area contributed by atoms with Gasteiger partial charge >= 0.3 is 5.97 Å². The van der Waals surface area contributed by atoms with Crippen LogP contribution in [0.3, 0.4) is 0 Å². The third kappa shape index (κ3) is 4.16. The third-order valence-electron chi connectivity index (χ3n) is 4.03. The molecule has 0 aliphatic carbocycles. The van der Waals surface area contributed by atoms with Gasteiger partial charge in [0.25, 0.3) is 0 Å². The van der Waals surface area contributed by atoms with Crippen molar-refractivity contribution in [3.63, 3.8) is 0 Å². The number of hydrogen-bond donors (Lipinski definition) is 1. The molecule has 0 saturated carbocycles.